The van der Waals surface area contributed by atoms with Crippen LogP contribution in [0.1, 0.15) is 29.0 Å². The average Bonchev–Trinajstić information content (AvgIpc) is 3.09. The van der Waals surface area contributed by atoms with E-state index in [1.165, 1.54) is 0 Å². The molecule has 1 atom stereocenters. The quantitative estimate of drug-likeness (QED) is 0.792. The van der Waals surface area contributed by atoms with E-state index < -0.39 is 6.10 Å². The van der Waals surface area contributed by atoms with Crippen LogP contribution in [-0.4, -0.2) is 28.6 Å². The lowest BCUT2D eigenvalue weighted by Gasteiger charge is -2.10. The van der Waals surface area contributed by atoms with Crippen molar-refractivity contribution in [1.82, 2.24) is 10.3 Å². The lowest BCUT2D eigenvalue weighted by molar-refractivity contribution is 0.0896. The molecule has 2 N–H and O–H groups in total. The molecule has 1 unspecified atom stereocenters. The van der Waals surface area contributed by atoms with Crippen molar-refractivity contribution in [2.45, 2.75) is 25.9 Å². The molecule has 0 saturated heterocycles. The SMILES string of the molecule is Cc1cccc(C(=O)NCC(O)C2CC2)n1. The number of aryl methyl sites for hydroxylation is 1. The summed E-state index contributed by atoms with van der Waals surface area (Å²) in [6.45, 7) is 2.16. The standard InChI is InChI=1S/C12H16N2O2/c1-8-3-2-4-10(14-8)12(16)13-7-11(15)9-5-6-9/h2-4,9,11,15H,5-7H2,1H3,(H,13,16). The summed E-state index contributed by atoms with van der Waals surface area (Å²) < 4.78 is 0. The maximum absolute atomic E-state index is 11.7. The number of pyridine rings is 1. The Hall–Kier alpha value is -1.42. The number of nitrogens with one attached hydrogen (secondary N) is 1. The average molecular weight is 220 g/mol. The number of carbonyl (C=O) groups excluding carboxylic acids is 1. The van der Waals surface area contributed by atoms with Crippen molar-refractivity contribution in [3.8, 4) is 0 Å². The van der Waals surface area contributed by atoms with Gasteiger partial charge in [0.1, 0.15) is 5.69 Å². The van der Waals surface area contributed by atoms with Crippen LogP contribution in [0.25, 0.3) is 0 Å². The normalized spacial score (nSPS) is 16.9. The monoisotopic (exact) mass is 220 g/mol. The number of hydrogen-bond acceptors (Lipinski definition) is 3. The van der Waals surface area contributed by atoms with Gasteiger partial charge in [-0.25, -0.2) is 4.98 Å². The van der Waals surface area contributed by atoms with Crippen molar-refractivity contribution in [3.63, 3.8) is 0 Å². The summed E-state index contributed by atoms with van der Waals surface area (Å²) >= 11 is 0. The highest BCUT2D eigenvalue weighted by atomic mass is 16.3. The Morgan fingerprint density at radius 2 is 2.38 bits per heavy atom. The number of aliphatic hydroxyl groups is 1. The highest BCUT2D eigenvalue weighted by Crippen LogP contribution is 2.32. The van der Waals surface area contributed by atoms with E-state index in [1.54, 1.807) is 12.1 Å². The number of carbonyl (C=O) groups is 1. The third-order valence-corrected chi connectivity index (χ3v) is 2.76. The molecule has 16 heavy (non-hydrogen) atoms. The van der Waals surface area contributed by atoms with Gasteiger partial charge in [0.05, 0.1) is 6.10 Å². The van der Waals surface area contributed by atoms with Gasteiger partial charge < -0.3 is 10.4 Å². The molecule has 1 heterocycles. The lowest BCUT2D eigenvalue weighted by Crippen LogP contribution is -2.33. The first-order chi connectivity index (χ1) is 7.66. The third kappa shape index (κ3) is 2.79. The second-order valence-corrected chi connectivity index (χ2v) is 4.28. The van der Waals surface area contributed by atoms with Crippen LogP contribution in [-0.2, 0) is 0 Å². The minimum Gasteiger partial charge on any atom is -0.391 e. The van der Waals surface area contributed by atoms with Gasteiger partial charge in [-0.05, 0) is 37.8 Å². The Labute approximate surface area is 94.7 Å². The summed E-state index contributed by atoms with van der Waals surface area (Å²) in [6.07, 6.45) is 1.73. The van der Waals surface area contributed by atoms with Crippen LogP contribution in [0, 0.1) is 12.8 Å². The van der Waals surface area contributed by atoms with Crippen molar-refractivity contribution in [2.75, 3.05) is 6.54 Å². The molecule has 1 saturated carbocycles. The van der Waals surface area contributed by atoms with Crippen LogP contribution in [0.4, 0.5) is 0 Å². The van der Waals surface area contributed by atoms with Gasteiger partial charge >= 0.3 is 0 Å². The number of amides is 1. The molecule has 86 valence electrons. The summed E-state index contributed by atoms with van der Waals surface area (Å²) in [4.78, 5) is 15.8. The molecule has 1 aromatic heterocycles. The Kier molecular flexibility index (Phi) is 3.19. The molecule has 1 aliphatic rings. The maximum Gasteiger partial charge on any atom is 0.269 e. The van der Waals surface area contributed by atoms with Crippen LogP contribution in [0.15, 0.2) is 18.2 Å². The molecule has 4 nitrogen and oxygen atoms in total. The molecule has 0 spiro atoms. The van der Waals surface area contributed by atoms with Crippen molar-refractivity contribution < 1.29 is 9.90 Å². The van der Waals surface area contributed by atoms with E-state index in [0.29, 0.717) is 18.2 Å². The predicted molar refractivity (Wildman–Crippen MR) is 60.0 cm³/mol. The van der Waals surface area contributed by atoms with Crippen LogP contribution < -0.4 is 5.32 Å². The first-order valence-electron chi connectivity index (χ1n) is 5.57. The first-order valence-corrected chi connectivity index (χ1v) is 5.57. The van der Waals surface area contributed by atoms with Gasteiger partial charge in [0.2, 0.25) is 0 Å². The van der Waals surface area contributed by atoms with Gasteiger partial charge in [0.15, 0.2) is 0 Å². The molecule has 0 radical (unpaired) electrons. The maximum atomic E-state index is 11.7. The van der Waals surface area contributed by atoms with Gasteiger partial charge in [0, 0.05) is 12.2 Å². The fourth-order valence-corrected chi connectivity index (χ4v) is 1.60. The number of hydrogen-bond donors (Lipinski definition) is 2. The molecule has 1 aromatic rings. The molecule has 1 fully saturated rings. The minimum absolute atomic E-state index is 0.219. The number of nitrogens with zero attached hydrogens (tertiary/aromatic N) is 1. The van der Waals surface area contributed by atoms with Crippen molar-refractivity contribution in [1.29, 1.82) is 0 Å². The predicted octanol–water partition coefficient (Wildman–Crippen LogP) is 0.891. The van der Waals surface area contributed by atoms with E-state index in [0.717, 1.165) is 18.5 Å². The fraction of sp³-hybridized carbons (Fsp3) is 0.500. The minimum atomic E-state index is -0.409. The Balaban J connectivity index is 1.87. The van der Waals surface area contributed by atoms with Crippen LogP contribution >= 0.6 is 0 Å². The summed E-state index contributed by atoms with van der Waals surface area (Å²) in [6, 6.07) is 5.32. The van der Waals surface area contributed by atoms with E-state index in [4.69, 9.17) is 0 Å². The Morgan fingerprint density at radius 1 is 1.62 bits per heavy atom. The van der Waals surface area contributed by atoms with E-state index in [2.05, 4.69) is 10.3 Å². The lowest BCUT2D eigenvalue weighted by atomic mass is 10.2. The van der Waals surface area contributed by atoms with E-state index in [1.807, 2.05) is 13.0 Å². The highest BCUT2D eigenvalue weighted by molar-refractivity contribution is 5.92. The number of aliphatic hydroxyl groups excluding tert-OH is 1. The van der Waals surface area contributed by atoms with Crippen LogP contribution in [0.3, 0.4) is 0 Å². The van der Waals surface area contributed by atoms with E-state index in [9.17, 15) is 9.90 Å². The van der Waals surface area contributed by atoms with Crippen molar-refractivity contribution >= 4 is 5.91 Å². The van der Waals surface area contributed by atoms with Gasteiger partial charge in [-0.15, -0.1) is 0 Å². The summed E-state index contributed by atoms with van der Waals surface area (Å²) in [5, 5.41) is 12.3. The Bertz CT molecular complexity index is 388. The fourth-order valence-electron chi connectivity index (χ4n) is 1.60. The number of rotatable bonds is 4. The highest BCUT2D eigenvalue weighted by Gasteiger charge is 2.29. The molecular weight excluding hydrogens is 204 g/mol. The van der Waals surface area contributed by atoms with Gasteiger partial charge in [-0.3, -0.25) is 4.79 Å². The third-order valence-electron chi connectivity index (χ3n) is 2.76. The summed E-state index contributed by atoms with van der Waals surface area (Å²) in [7, 11) is 0. The summed E-state index contributed by atoms with van der Waals surface area (Å²) in [5.41, 5.74) is 1.22. The molecule has 1 aliphatic carbocycles. The second-order valence-electron chi connectivity index (χ2n) is 4.28. The molecule has 0 bridgehead atoms. The molecule has 0 aromatic carbocycles. The molecule has 2 rings (SSSR count). The second kappa shape index (κ2) is 4.61. The van der Waals surface area contributed by atoms with Crippen LogP contribution in [0.5, 0.6) is 0 Å². The zero-order valence-electron chi connectivity index (χ0n) is 9.31. The molecular formula is C12H16N2O2. The topological polar surface area (TPSA) is 62.2 Å². The number of aromatic nitrogens is 1. The molecule has 0 aliphatic heterocycles. The van der Waals surface area contributed by atoms with Crippen molar-refractivity contribution in [3.05, 3.63) is 29.6 Å². The molecule has 1 amide bonds. The smallest absolute Gasteiger partial charge is 0.269 e. The van der Waals surface area contributed by atoms with E-state index >= 15 is 0 Å². The van der Waals surface area contributed by atoms with Crippen molar-refractivity contribution in [2.24, 2.45) is 5.92 Å². The van der Waals surface area contributed by atoms with Gasteiger partial charge in [0.25, 0.3) is 5.91 Å². The van der Waals surface area contributed by atoms with E-state index in [-0.39, 0.29) is 5.91 Å². The summed E-state index contributed by atoms with van der Waals surface area (Å²) in [5.74, 6) is 0.161. The molecule has 4 heteroatoms. The van der Waals surface area contributed by atoms with Gasteiger partial charge in [-0.1, -0.05) is 6.07 Å². The largest absolute Gasteiger partial charge is 0.391 e. The zero-order chi connectivity index (χ0) is 11.5. The van der Waals surface area contributed by atoms with Crippen LogP contribution in [0.2, 0.25) is 0 Å². The van der Waals surface area contributed by atoms with Gasteiger partial charge in [-0.2, -0.15) is 0 Å². The Morgan fingerprint density at radius 3 is 3.00 bits per heavy atom. The zero-order valence-corrected chi connectivity index (χ0v) is 9.31. The first kappa shape index (κ1) is 11.1.